The van der Waals surface area contributed by atoms with Crippen molar-refractivity contribution in [2.24, 2.45) is 0 Å². The maximum Gasteiger partial charge on any atom is 0.296 e. The minimum atomic E-state index is -0.932. The first kappa shape index (κ1) is 25.0. The van der Waals surface area contributed by atoms with Crippen LogP contribution in [0.1, 0.15) is 39.5 Å². The van der Waals surface area contributed by atoms with Gasteiger partial charge in [0.15, 0.2) is 10.9 Å². The molecule has 0 bridgehead atoms. The molecule has 5 aromatic rings. The number of Topliss-reactive ketones (excluding diaryl/α,β-unsaturated/α-hetero) is 1. The van der Waals surface area contributed by atoms with Gasteiger partial charge in [-0.3, -0.25) is 14.5 Å². The molecule has 194 valence electrons. The first-order chi connectivity index (χ1) is 18.9. The van der Waals surface area contributed by atoms with Crippen LogP contribution in [0, 0.1) is 6.92 Å². The van der Waals surface area contributed by atoms with Crippen LogP contribution in [0.25, 0.3) is 20.8 Å². The lowest BCUT2D eigenvalue weighted by molar-refractivity contribution is -0.117. The summed E-state index contributed by atoms with van der Waals surface area (Å²) in [5, 5.41) is 22.1. The molecule has 1 aliphatic heterocycles. The molecule has 0 saturated carbocycles. The van der Waals surface area contributed by atoms with Crippen molar-refractivity contribution in [1.82, 2.24) is 9.97 Å². The molecule has 0 fully saturated rings. The Morgan fingerprint density at radius 1 is 0.974 bits per heavy atom. The van der Waals surface area contributed by atoms with Crippen LogP contribution in [-0.2, 0) is 11.2 Å². The molecule has 9 heteroatoms. The minimum Gasteiger partial charge on any atom is -0.508 e. The van der Waals surface area contributed by atoms with Crippen LogP contribution in [0.4, 0.5) is 5.13 Å². The van der Waals surface area contributed by atoms with E-state index in [-0.39, 0.29) is 11.3 Å². The fourth-order valence-electron chi connectivity index (χ4n) is 4.72. The number of aliphatic hydroxyl groups excluding tert-OH is 1. The van der Waals surface area contributed by atoms with E-state index in [2.05, 4.69) is 11.9 Å². The highest BCUT2D eigenvalue weighted by Crippen LogP contribution is 2.45. The number of aromatic hydroxyl groups is 1. The van der Waals surface area contributed by atoms with Crippen molar-refractivity contribution in [1.29, 1.82) is 0 Å². The Kier molecular flexibility index (Phi) is 6.25. The van der Waals surface area contributed by atoms with E-state index in [1.54, 1.807) is 19.1 Å². The largest absolute Gasteiger partial charge is 0.508 e. The summed E-state index contributed by atoms with van der Waals surface area (Å²) in [4.78, 5) is 38.7. The molecule has 0 aliphatic carbocycles. The molecular weight excluding hydrogens is 530 g/mol. The molecule has 6 rings (SSSR count). The maximum atomic E-state index is 14.1. The first-order valence-corrected chi connectivity index (χ1v) is 14.0. The fourth-order valence-corrected chi connectivity index (χ4v) is 6.80. The van der Waals surface area contributed by atoms with Crippen molar-refractivity contribution in [3.63, 3.8) is 0 Å². The third kappa shape index (κ3) is 4.29. The molecule has 1 unspecified atom stereocenters. The van der Waals surface area contributed by atoms with Gasteiger partial charge in [0, 0.05) is 5.56 Å². The van der Waals surface area contributed by atoms with Gasteiger partial charge in [0.05, 0.1) is 32.4 Å². The summed E-state index contributed by atoms with van der Waals surface area (Å²) >= 11 is 2.56. The number of fused-ring (bicyclic) bond motifs is 1. The number of nitrogens with zero attached hydrogens (tertiary/aromatic N) is 3. The highest BCUT2D eigenvalue weighted by atomic mass is 32.1. The number of carbonyl (C=O) groups is 2. The maximum absolute atomic E-state index is 14.1. The zero-order valence-electron chi connectivity index (χ0n) is 21.1. The van der Waals surface area contributed by atoms with Crippen LogP contribution in [0.2, 0.25) is 0 Å². The Balaban J connectivity index is 1.47. The molecule has 39 heavy (non-hydrogen) atoms. The highest BCUT2D eigenvalue weighted by molar-refractivity contribution is 7.22. The Morgan fingerprint density at radius 2 is 1.72 bits per heavy atom. The molecule has 1 amide bonds. The van der Waals surface area contributed by atoms with E-state index in [4.69, 9.17) is 4.98 Å². The van der Waals surface area contributed by atoms with Crippen LogP contribution in [0.3, 0.4) is 0 Å². The third-order valence-electron chi connectivity index (χ3n) is 6.74. The van der Waals surface area contributed by atoms with Crippen molar-refractivity contribution in [3.05, 3.63) is 106 Å². The number of aromatic nitrogens is 2. The van der Waals surface area contributed by atoms with Gasteiger partial charge >= 0.3 is 0 Å². The van der Waals surface area contributed by atoms with E-state index >= 15 is 0 Å². The van der Waals surface area contributed by atoms with Crippen LogP contribution in [0.5, 0.6) is 5.75 Å². The summed E-state index contributed by atoms with van der Waals surface area (Å²) < 4.78 is 0.909. The summed E-state index contributed by atoms with van der Waals surface area (Å²) in [6.07, 6.45) is 0.863. The van der Waals surface area contributed by atoms with Gasteiger partial charge in [0.2, 0.25) is 5.78 Å². The second-order valence-electron chi connectivity index (χ2n) is 9.21. The fraction of sp³-hybridized carbons (Fsp3) is 0.133. The number of carbonyl (C=O) groups excluding carboxylic acids is 2. The predicted octanol–water partition coefficient (Wildman–Crippen LogP) is 6.78. The van der Waals surface area contributed by atoms with Gasteiger partial charge in [-0.1, -0.05) is 66.8 Å². The number of benzene rings is 3. The Morgan fingerprint density at radius 3 is 2.44 bits per heavy atom. The van der Waals surface area contributed by atoms with Gasteiger partial charge in [-0.05, 0) is 48.7 Å². The van der Waals surface area contributed by atoms with Crippen molar-refractivity contribution in [2.45, 2.75) is 26.3 Å². The molecule has 1 atom stereocenters. The number of ketones is 1. The van der Waals surface area contributed by atoms with Gasteiger partial charge in [0.25, 0.3) is 5.91 Å². The normalized spacial score (nSPS) is 15.5. The van der Waals surface area contributed by atoms with Crippen molar-refractivity contribution in [2.75, 3.05) is 4.90 Å². The molecule has 0 radical (unpaired) electrons. The molecule has 1 aliphatic rings. The Bertz CT molecular complexity index is 1770. The van der Waals surface area contributed by atoms with E-state index in [9.17, 15) is 19.8 Å². The van der Waals surface area contributed by atoms with Crippen LogP contribution in [0.15, 0.2) is 84.1 Å². The molecular formula is C30H23N3O4S2. The number of phenolic OH excluding ortho intramolecular Hbond substituents is 1. The lowest BCUT2D eigenvalue weighted by Gasteiger charge is -2.24. The van der Waals surface area contributed by atoms with Gasteiger partial charge < -0.3 is 10.2 Å². The average Bonchev–Trinajstić information content (AvgIpc) is 3.62. The first-order valence-electron chi connectivity index (χ1n) is 12.4. The van der Waals surface area contributed by atoms with Gasteiger partial charge in [-0.15, -0.1) is 11.3 Å². The number of amides is 1. The second-order valence-corrected chi connectivity index (χ2v) is 11.2. The van der Waals surface area contributed by atoms with E-state index < -0.39 is 23.5 Å². The molecule has 2 N–H and O–H groups in total. The summed E-state index contributed by atoms with van der Waals surface area (Å²) in [5.74, 6) is -1.72. The quantitative estimate of drug-likeness (QED) is 0.225. The van der Waals surface area contributed by atoms with E-state index in [1.165, 1.54) is 39.7 Å². The Hall–Kier alpha value is -4.34. The molecule has 0 spiro atoms. The molecule has 2 aromatic heterocycles. The van der Waals surface area contributed by atoms with E-state index in [1.807, 2.05) is 48.5 Å². The van der Waals surface area contributed by atoms with Crippen LogP contribution in [-0.4, -0.2) is 31.9 Å². The third-order valence-corrected chi connectivity index (χ3v) is 8.96. The van der Waals surface area contributed by atoms with Gasteiger partial charge in [0.1, 0.15) is 10.8 Å². The molecule has 3 heterocycles. The summed E-state index contributed by atoms with van der Waals surface area (Å²) in [6, 6.07) is 20.8. The Labute approximate surface area is 232 Å². The monoisotopic (exact) mass is 553 g/mol. The van der Waals surface area contributed by atoms with Crippen molar-refractivity contribution >= 4 is 49.7 Å². The molecule has 0 saturated heterocycles. The number of hydrogen-bond acceptors (Lipinski definition) is 8. The SMILES string of the molecule is CCc1ccc2nc(N3C(=O)C(O)=C(C(=O)c4sc(-c5ccccc5)nc4C)C3c3ccc(O)cc3)sc2c1. The number of hydrogen-bond donors (Lipinski definition) is 2. The van der Waals surface area contributed by atoms with E-state index in [0.717, 1.165) is 27.8 Å². The van der Waals surface area contributed by atoms with Crippen molar-refractivity contribution in [3.8, 4) is 16.3 Å². The number of aliphatic hydroxyl groups is 1. The zero-order valence-corrected chi connectivity index (χ0v) is 22.7. The smallest absolute Gasteiger partial charge is 0.296 e. The lowest BCUT2D eigenvalue weighted by atomic mass is 9.95. The van der Waals surface area contributed by atoms with Gasteiger partial charge in [-0.25, -0.2) is 9.97 Å². The highest BCUT2D eigenvalue weighted by Gasteiger charge is 2.46. The summed E-state index contributed by atoms with van der Waals surface area (Å²) in [5.41, 5.74) is 3.80. The van der Waals surface area contributed by atoms with Crippen LogP contribution >= 0.6 is 22.7 Å². The van der Waals surface area contributed by atoms with Crippen LogP contribution < -0.4 is 4.90 Å². The van der Waals surface area contributed by atoms with Crippen molar-refractivity contribution < 1.29 is 19.8 Å². The summed E-state index contributed by atoms with van der Waals surface area (Å²) in [7, 11) is 0. The molecule has 7 nitrogen and oxygen atoms in total. The number of rotatable bonds is 6. The minimum absolute atomic E-state index is 0.0365. The predicted molar refractivity (Wildman–Crippen MR) is 154 cm³/mol. The standard InChI is InChI=1S/C30H23N3O4S2/c1-3-17-9-14-21-22(15-17)38-30(32-21)33-24(18-10-12-20(34)13-11-18)23(26(36)29(33)37)25(35)27-16(2)31-28(39-27)19-7-5-4-6-8-19/h4-15,24,34,36H,3H2,1-2H3. The number of phenols is 1. The number of thiazole rings is 2. The van der Waals surface area contributed by atoms with Gasteiger partial charge in [-0.2, -0.15) is 0 Å². The topological polar surface area (TPSA) is 104 Å². The zero-order chi connectivity index (χ0) is 27.3. The summed E-state index contributed by atoms with van der Waals surface area (Å²) in [6.45, 7) is 3.81. The average molecular weight is 554 g/mol. The lowest BCUT2D eigenvalue weighted by Crippen LogP contribution is -2.30. The number of anilines is 1. The molecule has 3 aromatic carbocycles. The van der Waals surface area contributed by atoms with E-state index in [0.29, 0.717) is 26.3 Å². The number of aryl methyl sites for hydroxylation is 2. The second kappa shape index (κ2) is 9.76.